The summed E-state index contributed by atoms with van der Waals surface area (Å²) < 4.78 is 0. The molecule has 0 saturated heterocycles. The Bertz CT molecular complexity index is 488. The molecule has 17 heavy (non-hydrogen) atoms. The maximum Gasteiger partial charge on any atom is 0.132 e. The summed E-state index contributed by atoms with van der Waals surface area (Å²) in [6.07, 6.45) is 12.3. The summed E-state index contributed by atoms with van der Waals surface area (Å²) >= 11 is 0. The van der Waals surface area contributed by atoms with Crippen LogP contribution in [0.5, 0.6) is 0 Å². The predicted octanol–water partition coefficient (Wildman–Crippen LogP) is 0.103. The molecule has 10 unspecified atom stereocenters. The monoisotopic (exact) mass is 226 g/mol. The van der Waals surface area contributed by atoms with E-state index in [1.165, 1.54) is 0 Å². The second kappa shape index (κ2) is 2.05. The molecule has 0 aromatic rings. The molecule has 0 spiro atoms. The van der Waals surface area contributed by atoms with E-state index in [1.54, 1.807) is 0 Å². The highest BCUT2D eigenvalue weighted by atomic mass is 16.3. The first kappa shape index (κ1) is 9.03. The second-order valence-electron chi connectivity index (χ2n) is 6.76. The fourth-order valence-electron chi connectivity index (χ4n) is 7.01. The molecule has 5 aliphatic carbocycles. The van der Waals surface area contributed by atoms with Crippen molar-refractivity contribution in [3.05, 3.63) is 0 Å². The van der Waals surface area contributed by atoms with Gasteiger partial charge >= 0.3 is 0 Å². The standard InChI is InChI=1S/C15H14O2/c1-3-14(16)10-6-5-7-9-8(6)12(14)13(9)15(17,4-2)11(7)10/h1-2,6-13,16-17H,5H2. The van der Waals surface area contributed by atoms with Crippen LogP contribution in [0.25, 0.3) is 0 Å². The largest absolute Gasteiger partial charge is 0.377 e. The molecule has 5 saturated carbocycles. The third-order valence-electron chi connectivity index (χ3n) is 7.00. The van der Waals surface area contributed by atoms with Gasteiger partial charge in [0, 0.05) is 23.7 Å². The smallest absolute Gasteiger partial charge is 0.132 e. The Morgan fingerprint density at radius 2 is 1.24 bits per heavy atom. The fraction of sp³-hybridized carbons (Fsp3) is 0.733. The van der Waals surface area contributed by atoms with Crippen molar-refractivity contribution in [2.45, 2.75) is 17.6 Å². The van der Waals surface area contributed by atoms with E-state index in [-0.39, 0.29) is 23.7 Å². The SMILES string of the molecule is C#CC1(O)C2C3CC4C5C3C1C5C(O)(C#C)C42. The van der Waals surface area contributed by atoms with Crippen LogP contribution in [0.15, 0.2) is 0 Å². The summed E-state index contributed by atoms with van der Waals surface area (Å²) in [6.45, 7) is 0. The average Bonchev–Trinajstić information content (AvgIpc) is 2.79. The predicted molar refractivity (Wildman–Crippen MR) is 60.1 cm³/mol. The summed E-state index contributed by atoms with van der Waals surface area (Å²) in [5.41, 5.74) is -1.95. The van der Waals surface area contributed by atoms with Gasteiger partial charge in [-0.2, -0.15) is 0 Å². The quantitative estimate of drug-likeness (QED) is 0.575. The van der Waals surface area contributed by atoms with Crippen molar-refractivity contribution >= 4 is 0 Å². The van der Waals surface area contributed by atoms with Gasteiger partial charge in [0.15, 0.2) is 0 Å². The number of aliphatic hydroxyl groups is 2. The highest BCUT2D eigenvalue weighted by Gasteiger charge is 2.90. The van der Waals surface area contributed by atoms with Gasteiger partial charge in [-0.15, -0.1) is 12.8 Å². The lowest BCUT2D eigenvalue weighted by molar-refractivity contribution is -0.169. The molecule has 86 valence electrons. The number of fused-ring (bicyclic) bond motifs is 2. The Morgan fingerprint density at radius 1 is 0.824 bits per heavy atom. The Morgan fingerprint density at radius 3 is 1.59 bits per heavy atom. The van der Waals surface area contributed by atoms with Crippen molar-refractivity contribution in [2.24, 2.45) is 47.3 Å². The van der Waals surface area contributed by atoms with E-state index >= 15 is 0 Å². The number of rotatable bonds is 0. The van der Waals surface area contributed by atoms with Crippen molar-refractivity contribution < 1.29 is 10.2 Å². The molecule has 0 radical (unpaired) electrons. The van der Waals surface area contributed by atoms with Crippen molar-refractivity contribution in [3.8, 4) is 24.7 Å². The van der Waals surface area contributed by atoms with Gasteiger partial charge in [-0.05, 0) is 30.1 Å². The Kier molecular flexibility index (Phi) is 1.09. The highest BCUT2D eigenvalue weighted by molar-refractivity contribution is 5.45. The molecular weight excluding hydrogens is 212 g/mol. The topological polar surface area (TPSA) is 40.5 Å². The zero-order chi connectivity index (χ0) is 11.7. The maximum atomic E-state index is 10.8. The summed E-state index contributed by atoms with van der Waals surface area (Å²) in [6, 6.07) is 0. The van der Waals surface area contributed by atoms with E-state index < -0.39 is 11.2 Å². The highest BCUT2D eigenvalue weighted by Crippen LogP contribution is 2.87. The third kappa shape index (κ3) is 0.537. The third-order valence-corrected chi connectivity index (χ3v) is 7.00. The van der Waals surface area contributed by atoms with Crippen LogP contribution in [0.4, 0.5) is 0 Å². The van der Waals surface area contributed by atoms with E-state index in [4.69, 9.17) is 12.8 Å². The second-order valence-corrected chi connectivity index (χ2v) is 6.76. The zero-order valence-electron chi connectivity index (χ0n) is 9.38. The van der Waals surface area contributed by atoms with Gasteiger partial charge in [-0.25, -0.2) is 0 Å². The van der Waals surface area contributed by atoms with Crippen LogP contribution in [-0.2, 0) is 0 Å². The molecule has 2 heteroatoms. The van der Waals surface area contributed by atoms with Crippen LogP contribution >= 0.6 is 0 Å². The lowest BCUT2D eigenvalue weighted by Crippen LogP contribution is -2.63. The molecule has 0 aromatic heterocycles. The molecule has 5 fully saturated rings. The molecule has 5 rings (SSSR count). The molecule has 0 heterocycles. The van der Waals surface area contributed by atoms with Gasteiger partial charge in [0.1, 0.15) is 11.2 Å². The number of hydrogen-bond donors (Lipinski definition) is 2. The van der Waals surface area contributed by atoms with E-state index in [0.29, 0.717) is 23.7 Å². The van der Waals surface area contributed by atoms with E-state index in [9.17, 15) is 10.2 Å². The normalized spacial score (nSPS) is 75.8. The maximum absolute atomic E-state index is 10.8. The molecule has 2 bridgehead atoms. The van der Waals surface area contributed by atoms with Gasteiger partial charge in [0.2, 0.25) is 0 Å². The van der Waals surface area contributed by atoms with Crippen molar-refractivity contribution in [1.29, 1.82) is 0 Å². The zero-order valence-corrected chi connectivity index (χ0v) is 9.38. The van der Waals surface area contributed by atoms with Crippen LogP contribution in [0.2, 0.25) is 0 Å². The summed E-state index contributed by atoms with van der Waals surface area (Å²) in [5, 5.41) is 21.6. The Hall–Kier alpha value is -0.960. The first-order valence-electron chi connectivity index (χ1n) is 6.50. The number of hydrogen-bond acceptors (Lipinski definition) is 2. The van der Waals surface area contributed by atoms with E-state index in [0.717, 1.165) is 6.42 Å². The minimum atomic E-state index is -0.977. The first-order chi connectivity index (χ1) is 8.09. The lowest BCUT2D eigenvalue weighted by Gasteiger charge is -2.54. The average molecular weight is 226 g/mol. The molecule has 2 N–H and O–H groups in total. The summed E-state index contributed by atoms with van der Waals surface area (Å²) in [7, 11) is 0. The van der Waals surface area contributed by atoms with E-state index in [1.807, 2.05) is 0 Å². The number of terminal acetylenes is 2. The molecule has 2 nitrogen and oxygen atoms in total. The van der Waals surface area contributed by atoms with Crippen molar-refractivity contribution in [3.63, 3.8) is 0 Å². The van der Waals surface area contributed by atoms with Gasteiger partial charge < -0.3 is 10.2 Å². The summed E-state index contributed by atoms with van der Waals surface area (Å²) in [4.78, 5) is 0. The van der Waals surface area contributed by atoms with Gasteiger partial charge in [0.25, 0.3) is 0 Å². The van der Waals surface area contributed by atoms with Crippen LogP contribution in [0.1, 0.15) is 6.42 Å². The Balaban J connectivity index is 1.82. The molecule has 0 amide bonds. The molecule has 0 aromatic carbocycles. The fourth-order valence-corrected chi connectivity index (χ4v) is 7.01. The molecular formula is C15H14O2. The van der Waals surface area contributed by atoms with Crippen LogP contribution in [-0.4, -0.2) is 21.4 Å². The lowest BCUT2D eigenvalue weighted by atomic mass is 9.52. The molecule has 5 aliphatic rings. The molecule has 10 atom stereocenters. The Labute approximate surface area is 100 Å². The van der Waals surface area contributed by atoms with Crippen LogP contribution < -0.4 is 0 Å². The summed E-state index contributed by atoms with van der Waals surface area (Å²) in [5.74, 6) is 7.72. The minimum absolute atomic E-state index is 0.0588. The van der Waals surface area contributed by atoms with Gasteiger partial charge in [-0.1, -0.05) is 11.8 Å². The van der Waals surface area contributed by atoms with Crippen LogP contribution in [0.3, 0.4) is 0 Å². The van der Waals surface area contributed by atoms with E-state index in [2.05, 4.69) is 11.8 Å². The minimum Gasteiger partial charge on any atom is -0.377 e. The van der Waals surface area contributed by atoms with Crippen LogP contribution in [0, 0.1) is 72.0 Å². The first-order valence-corrected chi connectivity index (χ1v) is 6.50. The van der Waals surface area contributed by atoms with Crippen molar-refractivity contribution in [1.82, 2.24) is 0 Å². The molecule has 0 aliphatic heterocycles. The van der Waals surface area contributed by atoms with Crippen molar-refractivity contribution in [2.75, 3.05) is 0 Å². The van der Waals surface area contributed by atoms with Gasteiger partial charge in [0.05, 0.1) is 0 Å². The van der Waals surface area contributed by atoms with Gasteiger partial charge in [-0.3, -0.25) is 0 Å².